The average Bonchev–Trinajstić information content (AvgIpc) is 2.19. The predicted molar refractivity (Wildman–Crippen MR) is 62.0 cm³/mol. The van der Waals surface area contributed by atoms with Gasteiger partial charge in [0, 0.05) is 0 Å². The van der Waals surface area contributed by atoms with Crippen LogP contribution < -0.4 is 4.74 Å². The van der Waals surface area contributed by atoms with Crippen LogP contribution in [-0.4, -0.2) is 31.9 Å². The van der Waals surface area contributed by atoms with E-state index in [1.54, 1.807) is 6.92 Å². The summed E-state index contributed by atoms with van der Waals surface area (Å²) in [5.41, 5.74) is 0.665. The molecular weight excluding hydrogens is 244 g/mol. The Balaban J connectivity index is 3.09. The molecule has 0 aliphatic rings. The fraction of sp³-hybridized carbons (Fsp3) is 0.364. The number of sulfone groups is 1. The van der Waals surface area contributed by atoms with Crippen LogP contribution in [0.5, 0.6) is 5.75 Å². The van der Waals surface area contributed by atoms with E-state index >= 15 is 0 Å². The zero-order valence-electron chi connectivity index (χ0n) is 9.63. The zero-order chi connectivity index (χ0) is 13.1. The number of hydrogen-bond donors (Lipinski definition) is 1. The van der Waals surface area contributed by atoms with Crippen LogP contribution in [0.3, 0.4) is 0 Å². The Morgan fingerprint density at radius 3 is 2.53 bits per heavy atom. The van der Waals surface area contributed by atoms with Crippen molar-refractivity contribution in [1.29, 1.82) is 0 Å². The third-order valence-electron chi connectivity index (χ3n) is 2.12. The quantitative estimate of drug-likeness (QED) is 0.859. The highest BCUT2D eigenvalue weighted by Crippen LogP contribution is 2.22. The van der Waals surface area contributed by atoms with Crippen molar-refractivity contribution < 1.29 is 23.1 Å². The van der Waals surface area contributed by atoms with Crippen LogP contribution in [0.25, 0.3) is 0 Å². The van der Waals surface area contributed by atoms with E-state index < -0.39 is 21.6 Å². The van der Waals surface area contributed by atoms with E-state index in [2.05, 4.69) is 0 Å². The first-order chi connectivity index (χ1) is 7.86. The number of aliphatic carboxylic acids is 1. The molecule has 0 spiro atoms. The minimum absolute atomic E-state index is 0.000790. The second kappa shape index (κ2) is 5.18. The first-order valence-corrected chi connectivity index (χ1v) is 6.70. The predicted octanol–water partition coefficient (Wildman–Crippen LogP) is 1.25. The molecule has 1 aromatic carbocycles. The minimum atomic E-state index is -3.77. The highest BCUT2D eigenvalue weighted by molar-refractivity contribution is 7.92. The number of hydrogen-bond acceptors (Lipinski definition) is 4. The maximum atomic E-state index is 11.6. The molecular formula is C11H14O5S. The largest absolute Gasteiger partial charge is 0.494 e. The topological polar surface area (TPSA) is 80.7 Å². The lowest BCUT2D eigenvalue weighted by molar-refractivity contribution is -0.134. The summed E-state index contributed by atoms with van der Waals surface area (Å²) in [6.07, 6.45) is 0. The molecule has 17 heavy (non-hydrogen) atoms. The van der Waals surface area contributed by atoms with Crippen molar-refractivity contribution >= 4 is 15.8 Å². The molecule has 0 saturated carbocycles. The zero-order valence-corrected chi connectivity index (χ0v) is 10.5. The Labute approximate surface area is 100.0 Å². The Hall–Kier alpha value is -1.56. The molecule has 0 atom stereocenters. The summed E-state index contributed by atoms with van der Waals surface area (Å²) in [6, 6.07) is 4.31. The SMILES string of the molecule is CCOc1ccc(S(=O)(=O)CC(=O)O)cc1C. The van der Waals surface area contributed by atoms with Crippen LogP contribution >= 0.6 is 0 Å². The Kier molecular flexibility index (Phi) is 4.11. The van der Waals surface area contributed by atoms with E-state index in [0.29, 0.717) is 17.9 Å². The van der Waals surface area contributed by atoms with Gasteiger partial charge in [-0.2, -0.15) is 0 Å². The number of carboxylic acid groups (broad SMARTS) is 1. The van der Waals surface area contributed by atoms with E-state index in [1.165, 1.54) is 18.2 Å². The number of ether oxygens (including phenoxy) is 1. The van der Waals surface area contributed by atoms with Crippen molar-refractivity contribution in [2.45, 2.75) is 18.7 Å². The Morgan fingerprint density at radius 2 is 2.06 bits per heavy atom. The number of rotatable bonds is 5. The summed E-state index contributed by atoms with van der Waals surface area (Å²) in [5.74, 6) is -1.67. The van der Waals surface area contributed by atoms with Gasteiger partial charge in [-0.1, -0.05) is 0 Å². The van der Waals surface area contributed by atoms with Crippen LogP contribution in [-0.2, 0) is 14.6 Å². The van der Waals surface area contributed by atoms with E-state index in [0.717, 1.165) is 0 Å². The van der Waals surface area contributed by atoms with Crippen molar-refractivity contribution in [3.63, 3.8) is 0 Å². The smallest absolute Gasteiger partial charge is 0.319 e. The summed E-state index contributed by atoms with van der Waals surface area (Å²) in [5, 5.41) is 8.51. The molecule has 0 amide bonds. The molecule has 1 N–H and O–H groups in total. The summed E-state index contributed by atoms with van der Waals surface area (Å²) in [6.45, 7) is 4.03. The number of carboxylic acids is 1. The van der Waals surface area contributed by atoms with Gasteiger partial charge >= 0.3 is 5.97 Å². The lowest BCUT2D eigenvalue weighted by Crippen LogP contribution is -2.15. The second-order valence-electron chi connectivity index (χ2n) is 3.51. The first-order valence-electron chi connectivity index (χ1n) is 5.05. The minimum Gasteiger partial charge on any atom is -0.494 e. The summed E-state index contributed by atoms with van der Waals surface area (Å²) in [4.78, 5) is 10.4. The molecule has 6 heteroatoms. The van der Waals surface area contributed by atoms with Gasteiger partial charge in [-0.3, -0.25) is 4.79 Å². The molecule has 94 valence electrons. The fourth-order valence-corrected chi connectivity index (χ4v) is 2.50. The Morgan fingerprint density at radius 1 is 1.41 bits per heavy atom. The summed E-state index contributed by atoms with van der Waals surface area (Å²) < 4.78 is 28.6. The molecule has 0 bridgehead atoms. The molecule has 0 aromatic heterocycles. The van der Waals surface area contributed by atoms with Crippen LogP contribution in [0, 0.1) is 6.92 Å². The average molecular weight is 258 g/mol. The van der Waals surface area contributed by atoms with Crippen LogP contribution in [0.1, 0.15) is 12.5 Å². The molecule has 5 nitrogen and oxygen atoms in total. The van der Waals surface area contributed by atoms with Crippen LogP contribution in [0.4, 0.5) is 0 Å². The first kappa shape index (κ1) is 13.5. The van der Waals surface area contributed by atoms with Gasteiger partial charge in [0.05, 0.1) is 11.5 Å². The molecule has 0 heterocycles. The van der Waals surface area contributed by atoms with Gasteiger partial charge in [0.1, 0.15) is 5.75 Å². The highest BCUT2D eigenvalue weighted by atomic mass is 32.2. The Bertz CT molecular complexity index is 519. The summed E-state index contributed by atoms with van der Waals surface area (Å²) in [7, 11) is -3.77. The molecule has 0 aliphatic heterocycles. The summed E-state index contributed by atoms with van der Waals surface area (Å²) >= 11 is 0. The normalized spacial score (nSPS) is 11.2. The van der Waals surface area contributed by atoms with Crippen LogP contribution in [0.2, 0.25) is 0 Å². The van der Waals surface area contributed by atoms with E-state index in [-0.39, 0.29) is 4.90 Å². The highest BCUT2D eigenvalue weighted by Gasteiger charge is 2.19. The lowest BCUT2D eigenvalue weighted by Gasteiger charge is -2.08. The van der Waals surface area contributed by atoms with Crippen LogP contribution in [0.15, 0.2) is 23.1 Å². The molecule has 1 aromatic rings. The van der Waals surface area contributed by atoms with E-state index in [4.69, 9.17) is 9.84 Å². The molecule has 0 saturated heterocycles. The molecule has 0 aliphatic carbocycles. The van der Waals surface area contributed by atoms with Gasteiger partial charge in [0.15, 0.2) is 15.6 Å². The maximum absolute atomic E-state index is 11.6. The molecule has 0 fully saturated rings. The number of carbonyl (C=O) groups is 1. The van der Waals surface area contributed by atoms with Crippen molar-refractivity contribution in [3.8, 4) is 5.75 Å². The van der Waals surface area contributed by atoms with Gasteiger partial charge in [-0.15, -0.1) is 0 Å². The third-order valence-corrected chi connectivity index (χ3v) is 3.72. The molecule has 0 unspecified atom stereocenters. The van der Waals surface area contributed by atoms with Gasteiger partial charge in [-0.25, -0.2) is 8.42 Å². The van der Waals surface area contributed by atoms with Crippen molar-refractivity contribution in [2.75, 3.05) is 12.4 Å². The van der Waals surface area contributed by atoms with Gasteiger partial charge in [-0.05, 0) is 37.6 Å². The van der Waals surface area contributed by atoms with E-state index in [1.807, 2.05) is 6.92 Å². The van der Waals surface area contributed by atoms with Gasteiger partial charge < -0.3 is 9.84 Å². The molecule has 1 rings (SSSR count). The van der Waals surface area contributed by atoms with E-state index in [9.17, 15) is 13.2 Å². The van der Waals surface area contributed by atoms with Crippen molar-refractivity contribution in [3.05, 3.63) is 23.8 Å². The fourth-order valence-electron chi connectivity index (χ4n) is 1.38. The monoisotopic (exact) mass is 258 g/mol. The van der Waals surface area contributed by atoms with Gasteiger partial charge in [0.2, 0.25) is 0 Å². The second-order valence-corrected chi connectivity index (χ2v) is 5.50. The number of aryl methyl sites for hydroxylation is 1. The molecule has 0 radical (unpaired) electrons. The lowest BCUT2D eigenvalue weighted by atomic mass is 10.2. The maximum Gasteiger partial charge on any atom is 0.319 e. The van der Waals surface area contributed by atoms with Gasteiger partial charge in [0.25, 0.3) is 0 Å². The third kappa shape index (κ3) is 3.45. The van der Waals surface area contributed by atoms with Crippen molar-refractivity contribution in [1.82, 2.24) is 0 Å². The standard InChI is InChI=1S/C11H14O5S/c1-3-16-10-5-4-9(6-8(10)2)17(14,15)7-11(12)13/h4-6H,3,7H2,1-2H3,(H,12,13). The van der Waals surface area contributed by atoms with Crippen molar-refractivity contribution in [2.24, 2.45) is 0 Å². The number of benzene rings is 1.